The van der Waals surface area contributed by atoms with Gasteiger partial charge in [0.25, 0.3) is 0 Å². The number of imidazole rings is 1. The summed E-state index contributed by atoms with van der Waals surface area (Å²) in [4.78, 5) is 7.95. The van der Waals surface area contributed by atoms with Crippen molar-refractivity contribution in [1.82, 2.24) is 14.5 Å². The van der Waals surface area contributed by atoms with E-state index in [2.05, 4.69) is 9.97 Å². The number of hydrogen-bond donors (Lipinski definition) is 0. The van der Waals surface area contributed by atoms with Gasteiger partial charge >= 0.3 is 0 Å². The molecule has 2 aromatic heterocycles. The van der Waals surface area contributed by atoms with Crippen molar-refractivity contribution in [3.8, 4) is 18.0 Å². The summed E-state index contributed by atoms with van der Waals surface area (Å²) in [5.74, 6) is 0.494. The van der Waals surface area contributed by atoms with Crippen LogP contribution in [0, 0.1) is 22.7 Å². The molecule has 0 unspecified atom stereocenters. The molecule has 0 aliphatic rings. The van der Waals surface area contributed by atoms with Crippen LogP contribution in [0.25, 0.3) is 0 Å². The first-order valence-electron chi connectivity index (χ1n) is 5.13. The SMILES string of the molecule is COc1ncccc1Cn1cnc(C#N)c1C#N. The van der Waals surface area contributed by atoms with Crippen molar-refractivity contribution >= 4 is 0 Å². The first kappa shape index (κ1) is 11.6. The van der Waals surface area contributed by atoms with Crippen LogP contribution in [0.1, 0.15) is 17.0 Å². The van der Waals surface area contributed by atoms with Gasteiger partial charge in [0.15, 0.2) is 11.4 Å². The summed E-state index contributed by atoms with van der Waals surface area (Å²) in [5.41, 5.74) is 1.18. The molecule has 18 heavy (non-hydrogen) atoms. The van der Waals surface area contributed by atoms with Crippen LogP contribution in [0.2, 0.25) is 0 Å². The van der Waals surface area contributed by atoms with E-state index < -0.39 is 0 Å². The molecule has 0 fully saturated rings. The summed E-state index contributed by atoms with van der Waals surface area (Å²) in [6, 6.07) is 7.48. The van der Waals surface area contributed by atoms with Crippen LogP contribution in [0.3, 0.4) is 0 Å². The third kappa shape index (κ3) is 2.00. The van der Waals surface area contributed by atoms with Crippen LogP contribution < -0.4 is 4.74 Å². The first-order chi connectivity index (χ1) is 8.80. The Hall–Kier alpha value is -2.86. The van der Waals surface area contributed by atoms with Crippen LogP contribution >= 0.6 is 0 Å². The van der Waals surface area contributed by atoms with Crippen LogP contribution in [0.4, 0.5) is 0 Å². The van der Waals surface area contributed by atoms with Gasteiger partial charge in [-0.1, -0.05) is 6.07 Å². The van der Waals surface area contributed by atoms with Gasteiger partial charge in [0.05, 0.1) is 20.0 Å². The molecular formula is C12H9N5O. The van der Waals surface area contributed by atoms with Gasteiger partial charge in [-0.3, -0.25) is 0 Å². The van der Waals surface area contributed by atoms with Gasteiger partial charge in [-0.25, -0.2) is 9.97 Å². The Morgan fingerprint density at radius 2 is 2.17 bits per heavy atom. The van der Waals surface area contributed by atoms with Gasteiger partial charge in [0.1, 0.15) is 12.1 Å². The van der Waals surface area contributed by atoms with Crippen molar-refractivity contribution in [2.24, 2.45) is 0 Å². The highest BCUT2D eigenvalue weighted by molar-refractivity contribution is 5.37. The average molecular weight is 239 g/mol. The zero-order valence-corrected chi connectivity index (χ0v) is 9.66. The molecule has 0 bridgehead atoms. The molecule has 0 radical (unpaired) electrons. The number of nitriles is 2. The number of rotatable bonds is 3. The number of ether oxygens (including phenoxy) is 1. The predicted octanol–water partition coefficient (Wildman–Crippen LogP) is 1.08. The minimum absolute atomic E-state index is 0.125. The van der Waals surface area contributed by atoms with Crippen LogP contribution in [0.5, 0.6) is 5.88 Å². The monoisotopic (exact) mass is 239 g/mol. The lowest BCUT2D eigenvalue weighted by Gasteiger charge is -2.07. The lowest BCUT2D eigenvalue weighted by molar-refractivity contribution is 0.391. The molecule has 0 aromatic carbocycles. The van der Waals surface area contributed by atoms with Crippen LogP contribution in [0.15, 0.2) is 24.7 Å². The largest absolute Gasteiger partial charge is 0.481 e. The number of pyridine rings is 1. The molecule has 0 aliphatic carbocycles. The van der Waals surface area contributed by atoms with Crippen LogP contribution in [-0.2, 0) is 6.54 Å². The van der Waals surface area contributed by atoms with E-state index in [4.69, 9.17) is 15.3 Å². The molecule has 6 nitrogen and oxygen atoms in total. The molecule has 0 saturated heterocycles. The zero-order chi connectivity index (χ0) is 13.0. The Balaban J connectivity index is 2.38. The molecule has 0 aliphatic heterocycles. The van der Waals surface area contributed by atoms with Gasteiger partial charge in [-0.15, -0.1) is 0 Å². The minimum atomic E-state index is 0.125. The quantitative estimate of drug-likeness (QED) is 0.799. The summed E-state index contributed by atoms with van der Waals surface area (Å²) in [6.45, 7) is 0.384. The topological polar surface area (TPSA) is 87.5 Å². The third-order valence-corrected chi connectivity index (χ3v) is 2.43. The standard InChI is InChI=1S/C12H9N5O/c1-18-12-9(3-2-4-15-12)7-17-8-16-10(5-13)11(17)6-14/h2-4,8H,7H2,1H3. The maximum Gasteiger partial charge on any atom is 0.218 e. The van der Waals surface area contributed by atoms with E-state index in [1.165, 1.54) is 13.4 Å². The van der Waals surface area contributed by atoms with Crippen molar-refractivity contribution in [3.63, 3.8) is 0 Å². The number of nitrogens with zero attached hydrogens (tertiary/aromatic N) is 5. The second-order valence-corrected chi connectivity index (χ2v) is 3.47. The molecule has 6 heteroatoms. The van der Waals surface area contributed by atoms with E-state index in [1.807, 2.05) is 18.2 Å². The lowest BCUT2D eigenvalue weighted by atomic mass is 10.2. The number of aromatic nitrogens is 3. The predicted molar refractivity (Wildman–Crippen MR) is 61.5 cm³/mol. The fraction of sp³-hybridized carbons (Fsp3) is 0.167. The average Bonchev–Trinajstić information content (AvgIpc) is 2.81. The highest BCUT2D eigenvalue weighted by atomic mass is 16.5. The van der Waals surface area contributed by atoms with Crippen molar-refractivity contribution < 1.29 is 4.74 Å². The normalized spacial score (nSPS) is 9.50. The van der Waals surface area contributed by atoms with Crippen molar-refractivity contribution in [2.75, 3.05) is 7.11 Å². The molecule has 0 spiro atoms. The molecule has 0 N–H and O–H groups in total. The molecule has 2 aromatic rings. The third-order valence-electron chi connectivity index (χ3n) is 2.43. The van der Waals surface area contributed by atoms with Crippen molar-refractivity contribution in [3.05, 3.63) is 41.6 Å². The van der Waals surface area contributed by atoms with Crippen molar-refractivity contribution in [2.45, 2.75) is 6.54 Å². The second kappa shape index (κ2) is 4.98. The summed E-state index contributed by atoms with van der Waals surface area (Å²) in [6.07, 6.45) is 3.09. The van der Waals surface area contributed by atoms with Gasteiger partial charge in [0, 0.05) is 11.8 Å². The fourth-order valence-corrected chi connectivity index (χ4v) is 1.61. The van der Waals surface area contributed by atoms with Gasteiger partial charge in [0.2, 0.25) is 5.88 Å². The molecule has 2 rings (SSSR count). The van der Waals surface area contributed by atoms with E-state index in [1.54, 1.807) is 16.8 Å². The highest BCUT2D eigenvalue weighted by Crippen LogP contribution is 2.16. The van der Waals surface area contributed by atoms with Gasteiger partial charge in [-0.05, 0) is 6.07 Å². The molecule has 0 atom stereocenters. The van der Waals surface area contributed by atoms with E-state index in [0.717, 1.165) is 5.56 Å². The zero-order valence-electron chi connectivity index (χ0n) is 9.66. The molecule has 0 saturated carbocycles. The maximum absolute atomic E-state index is 9.01. The van der Waals surface area contributed by atoms with Crippen molar-refractivity contribution in [1.29, 1.82) is 10.5 Å². The van der Waals surface area contributed by atoms with Gasteiger partial charge in [-0.2, -0.15) is 10.5 Å². The first-order valence-corrected chi connectivity index (χ1v) is 5.13. The Bertz CT molecular complexity index is 647. The Labute approximate surface area is 104 Å². The Kier molecular flexibility index (Phi) is 3.22. The molecule has 2 heterocycles. The summed E-state index contributed by atoms with van der Waals surface area (Å²) in [7, 11) is 1.53. The molecule has 0 amide bonds. The summed E-state index contributed by atoms with van der Waals surface area (Å²) in [5, 5.41) is 17.8. The van der Waals surface area contributed by atoms with E-state index in [9.17, 15) is 0 Å². The lowest BCUT2D eigenvalue weighted by Crippen LogP contribution is -2.04. The van der Waals surface area contributed by atoms with E-state index in [-0.39, 0.29) is 11.4 Å². The van der Waals surface area contributed by atoms with Gasteiger partial charge < -0.3 is 9.30 Å². The second-order valence-electron chi connectivity index (χ2n) is 3.47. The summed E-state index contributed by atoms with van der Waals surface area (Å²) >= 11 is 0. The Morgan fingerprint density at radius 3 is 2.83 bits per heavy atom. The molecular weight excluding hydrogens is 230 g/mol. The Morgan fingerprint density at radius 1 is 1.33 bits per heavy atom. The maximum atomic E-state index is 9.01. The van der Waals surface area contributed by atoms with E-state index >= 15 is 0 Å². The fourth-order valence-electron chi connectivity index (χ4n) is 1.61. The minimum Gasteiger partial charge on any atom is -0.481 e. The number of methoxy groups -OCH3 is 1. The van der Waals surface area contributed by atoms with Crippen LogP contribution in [-0.4, -0.2) is 21.6 Å². The molecule has 88 valence electrons. The van der Waals surface area contributed by atoms with E-state index in [0.29, 0.717) is 12.4 Å². The summed E-state index contributed by atoms with van der Waals surface area (Å²) < 4.78 is 6.73. The smallest absolute Gasteiger partial charge is 0.218 e. The highest BCUT2D eigenvalue weighted by Gasteiger charge is 2.12. The number of hydrogen-bond acceptors (Lipinski definition) is 5.